The van der Waals surface area contributed by atoms with E-state index in [4.69, 9.17) is 10.2 Å². The van der Waals surface area contributed by atoms with E-state index in [9.17, 15) is 13.6 Å². The number of nitrogens with zero attached hydrogens (tertiary/aromatic N) is 4. The van der Waals surface area contributed by atoms with Crippen molar-refractivity contribution < 1.29 is 18.0 Å². The SMILES string of the molecule is Cc1csc([C@H]2C[C@H](F)CN2C(=O)c2ccc(F)c(-c3nnc(C(C)(N)Cc4ccccc4)o3)c2)n1. The van der Waals surface area contributed by atoms with Crippen LogP contribution in [0.1, 0.15) is 51.9 Å². The fraction of sp³-hybridized carbons (Fsp3) is 0.308. The molecule has 1 fully saturated rings. The largest absolute Gasteiger partial charge is 0.419 e. The van der Waals surface area contributed by atoms with Crippen LogP contribution in [-0.2, 0) is 12.0 Å². The Kier molecular flexibility index (Phi) is 6.40. The smallest absolute Gasteiger partial charge is 0.254 e. The Morgan fingerprint density at radius 3 is 2.75 bits per heavy atom. The van der Waals surface area contributed by atoms with Gasteiger partial charge in [-0.15, -0.1) is 21.5 Å². The first-order valence-electron chi connectivity index (χ1n) is 11.5. The summed E-state index contributed by atoms with van der Waals surface area (Å²) in [6, 6.07) is 13.1. The number of carbonyl (C=O) groups is 1. The first kappa shape index (κ1) is 24.2. The highest BCUT2D eigenvalue weighted by Gasteiger charge is 2.38. The van der Waals surface area contributed by atoms with Gasteiger partial charge in [0.1, 0.15) is 17.0 Å². The maximum atomic E-state index is 14.8. The van der Waals surface area contributed by atoms with Crippen LogP contribution in [0.4, 0.5) is 8.78 Å². The summed E-state index contributed by atoms with van der Waals surface area (Å²) in [6.45, 7) is 3.56. The zero-order chi connectivity index (χ0) is 25.4. The number of aromatic nitrogens is 3. The summed E-state index contributed by atoms with van der Waals surface area (Å²) in [4.78, 5) is 19.3. The molecule has 3 atom stereocenters. The third-order valence-corrected chi connectivity index (χ3v) is 7.27. The molecule has 0 spiro atoms. The topological polar surface area (TPSA) is 98.1 Å². The number of alkyl halides is 1. The summed E-state index contributed by atoms with van der Waals surface area (Å²) < 4.78 is 34.9. The predicted octanol–water partition coefficient (Wildman–Crippen LogP) is 4.98. The van der Waals surface area contributed by atoms with Crippen LogP contribution in [0.25, 0.3) is 11.5 Å². The Hall–Kier alpha value is -3.50. The average Bonchev–Trinajstić information content (AvgIpc) is 3.59. The minimum absolute atomic E-state index is 0.0206. The molecule has 1 unspecified atom stereocenters. The number of nitrogens with two attached hydrogens (primary N) is 1. The van der Waals surface area contributed by atoms with E-state index in [0.29, 0.717) is 11.4 Å². The molecule has 2 N–H and O–H groups in total. The van der Waals surface area contributed by atoms with Gasteiger partial charge < -0.3 is 15.1 Å². The number of hydrogen-bond donors (Lipinski definition) is 1. The van der Waals surface area contributed by atoms with E-state index in [1.165, 1.54) is 34.4 Å². The second kappa shape index (κ2) is 9.51. The number of halogens is 2. The van der Waals surface area contributed by atoms with Crippen molar-refractivity contribution in [2.24, 2.45) is 5.73 Å². The second-order valence-corrected chi connectivity index (χ2v) is 10.2. The predicted molar refractivity (Wildman–Crippen MR) is 132 cm³/mol. The van der Waals surface area contributed by atoms with Crippen LogP contribution >= 0.6 is 11.3 Å². The summed E-state index contributed by atoms with van der Waals surface area (Å²) >= 11 is 1.40. The molecule has 1 aliphatic heterocycles. The van der Waals surface area contributed by atoms with Crippen LogP contribution in [0.15, 0.2) is 58.3 Å². The molecule has 0 aliphatic carbocycles. The first-order valence-corrected chi connectivity index (χ1v) is 12.4. The minimum Gasteiger partial charge on any atom is -0.419 e. The number of rotatable bonds is 6. The standard InChI is InChI=1S/C26H25F2N5O2S/c1-15-14-36-23(30-15)21-11-18(27)13-33(21)24(34)17-8-9-20(28)19(10-17)22-31-32-25(35-22)26(2,29)12-16-6-4-3-5-7-16/h3-10,14,18,21H,11-13,29H2,1-2H3/t18-,21+,26?/m0/s1. The Morgan fingerprint density at radius 2 is 2.03 bits per heavy atom. The van der Waals surface area contributed by atoms with Crippen molar-refractivity contribution in [3.8, 4) is 11.5 Å². The quantitative estimate of drug-likeness (QED) is 0.394. The van der Waals surface area contributed by atoms with Crippen LogP contribution in [0, 0.1) is 12.7 Å². The van der Waals surface area contributed by atoms with Gasteiger partial charge in [-0.1, -0.05) is 30.3 Å². The highest BCUT2D eigenvalue weighted by atomic mass is 32.1. The molecule has 0 bridgehead atoms. The Labute approximate surface area is 211 Å². The molecule has 3 heterocycles. The van der Waals surface area contributed by atoms with Crippen LogP contribution in [-0.4, -0.2) is 38.7 Å². The number of carbonyl (C=O) groups excluding carboxylic acids is 1. The fourth-order valence-electron chi connectivity index (χ4n) is 4.41. The molecule has 10 heteroatoms. The molecule has 7 nitrogen and oxygen atoms in total. The third kappa shape index (κ3) is 4.78. The van der Waals surface area contributed by atoms with Crippen LogP contribution in [0.2, 0.25) is 0 Å². The molecular weight excluding hydrogens is 484 g/mol. The van der Waals surface area contributed by atoms with E-state index < -0.39 is 29.5 Å². The van der Waals surface area contributed by atoms with E-state index >= 15 is 0 Å². The molecule has 186 valence electrons. The lowest BCUT2D eigenvalue weighted by molar-refractivity contribution is 0.0728. The fourth-order valence-corrected chi connectivity index (χ4v) is 5.34. The maximum absolute atomic E-state index is 14.8. The van der Waals surface area contributed by atoms with Crippen molar-refractivity contribution in [1.29, 1.82) is 0 Å². The van der Waals surface area contributed by atoms with Crippen molar-refractivity contribution in [1.82, 2.24) is 20.1 Å². The number of aryl methyl sites for hydroxylation is 1. The molecule has 0 radical (unpaired) electrons. The lowest BCUT2D eigenvalue weighted by Crippen LogP contribution is -2.35. The number of benzene rings is 2. The molecule has 36 heavy (non-hydrogen) atoms. The van der Waals surface area contributed by atoms with E-state index in [0.717, 1.165) is 11.3 Å². The lowest BCUT2D eigenvalue weighted by Gasteiger charge is -2.23. The van der Waals surface area contributed by atoms with E-state index in [2.05, 4.69) is 15.2 Å². The monoisotopic (exact) mass is 509 g/mol. The molecular formula is C26H25F2N5O2S. The van der Waals surface area contributed by atoms with E-state index in [-0.39, 0.29) is 35.9 Å². The highest BCUT2D eigenvalue weighted by Crippen LogP contribution is 2.37. The maximum Gasteiger partial charge on any atom is 0.254 e. The highest BCUT2D eigenvalue weighted by molar-refractivity contribution is 7.09. The lowest BCUT2D eigenvalue weighted by atomic mass is 9.94. The molecule has 4 aromatic rings. The summed E-state index contributed by atoms with van der Waals surface area (Å²) in [6.07, 6.45) is -0.544. The zero-order valence-electron chi connectivity index (χ0n) is 19.8. The normalized spacial score (nSPS) is 19.4. The Morgan fingerprint density at radius 1 is 1.25 bits per heavy atom. The molecule has 5 rings (SSSR count). The summed E-state index contributed by atoms with van der Waals surface area (Å²) in [5, 5.41) is 10.6. The van der Waals surface area contributed by atoms with Crippen LogP contribution in [0.5, 0.6) is 0 Å². The summed E-state index contributed by atoms with van der Waals surface area (Å²) in [7, 11) is 0. The van der Waals surface area contributed by atoms with Gasteiger partial charge in [-0.25, -0.2) is 13.8 Å². The number of amides is 1. The van der Waals surface area contributed by atoms with E-state index in [1.54, 1.807) is 6.92 Å². The van der Waals surface area contributed by atoms with Gasteiger partial charge in [0.25, 0.3) is 11.8 Å². The van der Waals surface area contributed by atoms with Crippen molar-refractivity contribution in [2.75, 3.05) is 6.54 Å². The Balaban J connectivity index is 1.41. The Bertz CT molecular complexity index is 1390. The summed E-state index contributed by atoms with van der Waals surface area (Å²) in [5.41, 5.74) is 7.45. The van der Waals surface area contributed by atoms with Gasteiger partial charge in [-0.2, -0.15) is 0 Å². The van der Waals surface area contributed by atoms with Crippen molar-refractivity contribution >= 4 is 17.2 Å². The number of hydrogen-bond acceptors (Lipinski definition) is 7. The summed E-state index contributed by atoms with van der Waals surface area (Å²) in [5.74, 6) is -0.975. The van der Waals surface area contributed by atoms with Gasteiger partial charge in [0.15, 0.2) is 0 Å². The van der Waals surface area contributed by atoms with Gasteiger partial charge in [0, 0.05) is 23.1 Å². The number of likely N-dealkylation sites (tertiary alicyclic amines) is 1. The second-order valence-electron chi connectivity index (χ2n) is 9.32. The zero-order valence-corrected chi connectivity index (χ0v) is 20.6. The molecule has 2 aromatic carbocycles. The van der Waals surface area contributed by atoms with Crippen molar-refractivity contribution in [2.45, 2.75) is 44.4 Å². The molecule has 1 saturated heterocycles. The van der Waals surface area contributed by atoms with Gasteiger partial charge in [0.05, 0.1) is 23.7 Å². The third-order valence-electron chi connectivity index (χ3n) is 6.20. The van der Waals surface area contributed by atoms with Crippen molar-refractivity contribution in [3.05, 3.63) is 87.4 Å². The minimum atomic E-state index is -1.16. The van der Waals surface area contributed by atoms with Crippen molar-refractivity contribution in [3.63, 3.8) is 0 Å². The van der Waals surface area contributed by atoms with Gasteiger partial charge in [-0.05, 0) is 44.0 Å². The number of thiazole rings is 1. The van der Waals surface area contributed by atoms with Crippen LogP contribution < -0.4 is 5.73 Å². The molecule has 0 saturated carbocycles. The van der Waals surface area contributed by atoms with Gasteiger partial charge in [0.2, 0.25) is 5.89 Å². The molecule has 1 amide bonds. The van der Waals surface area contributed by atoms with Gasteiger partial charge >= 0.3 is 0 Å². The first-order chi connectivity index (χ1) is 17.2. The molecule has 2 aromatic heterocycles. The van der Waals surface area contributed by atoms with Crippen LogP contribution in [0.3, 0.4) is 0 Å². The average molecular weight is 510 g/mol. The van der Waals surface area contributed by atoms with E-state index in [1.807, 2.05) is 42.6 Å². The molecule has 1 aliphatic rings. The van der Waals surface area contributed by atoms with Gasteiger partial charge in [-0.3, -0.25) is 4.79 Å².